The van der Waals surface area contributed by atoms with Gasteiger partial charge < -0.3 is 10.4 Å². The predicted molar refractivity (Wildman–Crippen MR) is 102 cm³/mol. The number of amides is 2. The minimum absolute atomic E-state index is 0.0472. The second-order valence-corrected chi connectivity index (χ2v) is 5.70. The van der Waals surface area contributed by atoms with E-state index < -0.39 is 5.97 Å². The second-order valence-electron chi connectivity index (χ2n) is 5.70. The van der Waals surface area contributed by atoms with Crippen LogP contribution in [-0.2, 0) is 11.2 Å². The molecule has 0 aromatic heterocycles. The molecule has 3 aromatic carbocycles. The summed E-state index contributed by atoms with van der Waals surface area (Å²) in [6, 6.07) is 25.2. The Balaban J connectivity index is 1.83. The first-order valence-corrected chi connectivity index (χ1v) is 8.15. The average Bonchev–Trinajstić information content (AvgIpc) is 2.65. The van der Waals surface area contributed by atoms with E-state index in [2.05, 4.69) is 5.32 Å². The van der Waals surface area contributed by atoms with Crippen LogP contribution in [0.15, 0.2) is 84.9 Å². The first kappa shape index (κ1) is 17.2. The quantitative estimate of drug-likeness (QED) is 0.704. The van der Waals surface area contributed by atoms with Gasteiger partial charge in [-0.15, -0.1) is 0 Å². The number of carbonyl (C=O) groups is 2. The highest BCUT2D eigenvalue weighted by molar-refractivity contribution is 6.07. The van der Waals surface area contributed by atoms with E-state index >= 15 is 0 Å². The van der Waals surface area contributed by atoms with Crippen molar-refractivity contribution in [2.24, 2.45) is 0 Å². The summed E-state index contributed by atoms with van der Waals surface area (Å²) in [5, 5.41) is 11.7. The molecule has 5 heteroatoms. The fraction of sp³-hybridized carbons (Fsp3) is 0.0476. The van der Waals surface area contributed by atoms with E-state index in [0.29, 0.717) is 11.3 Å². The third-order valence-electron chi connectivity index (χ3n) is 3.79. The molecule has 130 valence electrons. The molecule has 0 aliphatic heterocycles. The summed E-state index contributed by atoms with van der Waals surface area (Å²) in [7, 11) is 0. The van der Waals surface area contributed by atoms with Gasteiger partial charge in [-0.25, -0.2) is 4.79 Å². The minimum atomic E-state index is -0.888. The number of aliphatic carboxylic acids is 1. The summed E-state index contributed by atoms with van der Waals surface area (Å²) in [4.78, 5) is 25.2. The molecular formula is C21H18N2O3. The van der Waals surface area contributed by atoms with E-state index in [0.717, 1.165) is 11.4 Å². The lowest BCUT2D eigenvalue weighted by Crippen LogP contribution is -2.30. The molecule has 0 fully saturated rings. The number of hydrogen-bond acceptors (Lipinski definition) is 2. The van der Waals surface area contributed by atoms with E-state index in [1.165, 1.54) is 0 Å². The van der Waals surface area contributed by atoms with Crippen LogP contribution >= 0.6 is 0 Å². The van der Waals surface area contributed by atoms with E-state index in [-0.39, 0.29) is 12.5 Å². The molecule has 2 N–H and O–H groups in total. The number of carboxylic acid groups (broad SMARTS) is 1. The van der Waals surface area contributed by atoms with Crippen LogP contribution in [0.4, 0.5) is 21.9 Å². The van der Waals surface area contributed by atoms with Crippen LogP contribution in [0.3, 0.4) is 0 Å². The number of para-hydroxylation sites is 2. The van der Waals surface area contributed by atoms with Crippen molar-refractivity contribution in [2.75, 3.05) is 10.2 Å². The van der Waals surface area contributed by atoms with Crippen LogP contribution in [0.25, 0.3) is 0 Å². The lowest BCUT2D eigenvalue weighted by Gasteiger charge is -2.23. The maximum atomic E-state index is 12.9. The summed E-state index contributed by atoms with van der Waals surface area (Å²) in [6.07, 6.45) is -0.0472. The van der Waals surface area contributed by atoms with Gasteiger partial charge in [0.05, 0.1) is 17.8 Å². The Morgan fingerprint density at radius 2 is 1.27 bits per heavy atom. The van der Waals surface area contributed by atoms with Gasteiger partial charge in [-0.3, -0.25) is 9.69 Å². The van der Waals surface area contributed by atoms with Crippen LogP contribution in [0, 0.1) is 0 Å². The van der Waals surface area contributed by atoms with E-state index in [1.54, 1.807) is 29.2 Å². The third kappa shape index (κ3) is 4.27. The summed E-state index contributed by atoms with van der Waals surface area (Å²) in [5.41, 5.74) is 2.77. The molecule has 0 bridgehead atoms. The predicted octanol–water partition coefficient (Wildman–Crippen LogP) is 4.68. The van der Waals surface area contributed by atoms with Gasteiger partial charge in [-0.05, 0) is 42.0 Å². The van der Waals surface area contributed by atoms with Crippen molar-refractivity contribution < 1.29 is 14.7 Å². The van der Waals surface area contributed by atoms with Crippen molar-refractivity contribution in [3.05, 3.63) is 90.5 Å². The van der Waals surface area contributed by atoms with E-state index in [1.807, 2.05) is 60.7 Å². The average molecular weight is 346 g/mol. The fourth-order valence-corrected chi connectivity index (χ4v) is 2.60. The van der Waals surface area contributed by atoms with Crippen molar-refractivity contribution >= 4 is 29.1 Å². The molecule has 0 unspecified atom stereocenters. The maximum Gasteiger partial charge on any atom is 0.330 e. The molecule has 0 heterocycles. The monoisotopic (exact) mass is 346 g/mol. The number of benzene rings is 3. The SMILES string of the molecule is O=C(O)Cc1ccc(NC(=O)N(c2ccccc2)c2ccccc2)cc1. The lowest BCUT2D eigenvalue weighted by atomic mass is 10.1. The van der Waals surface area contributed by atoms with Gasteiger partial charge in [0, 0.05) is 5.69 Å². The Labute approximate surface area is 151 Å². The molecule has 0 aliphatic carbocycles. The Hall–Kier alpha value is -3.60. The Bertz CT molecular complexity index is 839. The molecule has 0 aliphatic rings. The molecule has 0 saturated heterocycles. The Morgan fingerprint density at radius 3 is 1.73 bits per heavy atom. The van der Waals surface area contributed by atoms with Gasteiger partial charge in [0.1, 0.15) is 0 Å². The molecule has 0 radical (unpaired) electrons. The van der Waals surface area contributed by atoms with Crippen LogP contribution in [0.2, 0.25) is 0 Å². The molecular weight excluding hydrogens is 328 g/mol. The molecule has 0 saturated carbocycles. The maximum absolute atomic E-state index is 12.9. The lowest BCUT2D eigenvalue weighted by molar-refractivity contribution is -0.136. The minimum Gasteiger partial charge on any atom is -0.481 e. The molecule has 5 nitrogen and oxygen atoms in total. The molecule has 26 heavy (non-hydrogen) atoms. The number of anilines is 3. The first-order valence-electron chi connectivity index (χ1n) is 8.15. The van der Waals surface area contributed by atoms with Gasteiger partial charge >= 0.3 is 12.0 Å². The van der Waals surface area contributed by atoms with Crippen LogP contribution in [-0.4, -0.2) is 17.1 Å². The zero-order chi connectivity index (χ0) is 18.4. The normalized spacial score (nSPS) is 10.2. The smallest absolute Gasteiger partial charge is 0.330 e. The summed E-state index contributed by atoms with van der Waals surface area (Å²) < 4.78 is 0. The molecule has 3 aromatic rings. The van der Waals surface area contributed by atoms with Crippen LogP contribution in [0.5, 0.6) is 0 Å². The number of carboxylic acids is 1. The standard InChI is InChI=1S/C21H18N2O3/c24-20(25)15-16-11-13-17(14-12-16)22-21(26)23(18-7-3-1-4-8-18)19-9-5-2-6-10-19/h1-14H,15H2,(H,22,26)(H,24,25). The fourth-order valence-electron chi connectivity index (χ4n) is 2.60. The summed E-state index contributed by atoms with van der Waals surface area (Å²) in [6.45, 7) is 0. The van der Waals surface area contributed by atoms with Gasteiger partial charge in [-0.1, -0.05) is 48.5 Å². The van der Waals surface area contributed by atoms with Crippen molar-refractivity contribution in [3.63, 3.8) is 0 Å². The highest BCUT2D eigenvalue weighted by Gasteiger charge is 2.17. The molecule has 0 spiro atoms. The van der Waals surface area contributed by atoms with Gasteiger partial charge in [0.25, 0.3) is 0 Å². The number of carbonyl (C=O) groups excluding carboxylic acids is 1. The Kier molecular flexibility index (Phi) is 5.29. The van der Waals surface area contributed by atoms with Gasteiger partial charge in [0.15, 0.2) is 0 Å². The molecule has 0 atom stereocenters. The Morgan fingerprint density at radius 1 is 0.769 bits per heavy atom. The van der Waals surface area contributed by atoms with Crippen molar-refractivity contribution in [2.45, 2.75) is 6.42 Å². The highest BCUT2D eigenvalue weighted by Crippen LogP contribution is 2.26. The summed E-state index contributed by atoms with van der Waals surface area (Å²) in [5.74, 6) is -0.888. The van der Waals surface area contributed by atoms with E-state index in [4.69, 9.17) is 5.11 Å². The number of nitrogens with zero attached hydrogens (tertiary/aromatic N) is 1. The van der Waals surface area contributed by atoms with Crippen molar-refractivity contribution in [1.29, 1.82) is 0 Å². The molecule has 2 amide bonds. The van der Waals surface area contributed by atoms with Crippen molar-refractivity contribution in [1.82, 2.24) is 0 Å². The highest BCUT2D eigenvalue weighted by atomic mass is 16.4. The second kappa shape index (κ2) is 7.98. The largest absolute Gasteiger partial charge is 0.481 e. The van der Waals surface area contributed by atoms with E-state index in [9.17, 15) is 9.59 Å². The number of nitrogens with one attached hydrogen (secondary N) is 1. The van der Waals surface area contributed by atoms with Crippen LogP contribution in [0.1, 0.15) is 5.56 Å². The third-order valence-corrected chi connectivity index (χ3v) is 3.79. The summed E-state index contributed by atoms with van der Waals surface area (Å²) >= 11 is 0. The van der Waals surface area contributed by atoms with Crippen molar-refractivity contribution in [3.8, 4) is 0 Å². The molecule has 3 rings (SSSR count). The zero-order valence-corrected chi connectivity index (χ0v) is 14.0. The van der Waals surface area contributed by atoms with Crippen LogP contribution < -0.4 is 10.2 Å². The topological polar surface area (TPSA) is 69.6 Å². The number of rotatable bonds is 5. The van der Waals surface area contributed by atoms with Gasteiger partial charge in [0.2, 0.25) is 0 Å². The zero-order valence-electron chi connectivity index (χ0n) is 14.0. The number of urea groups is 1. The van der Waals surface area contributed by atoms with Gasteiger partial charge in [-0.2, -0.15) is 0 Å². The number of hydrogen-bond donors (Lipinski definition) is 2. The first-order chi connectivity index (χ1) is 12.6.